The fraction of sp³-hybridized carbons (Fsp3) is 0.333. The molecule has 166 valence electrons. The molecule has 2 aliphatic heterocycles. The minimum Gasteiger partial charge on any atom is -0.497 e. The molecule has 8 nitrogen and oxygen atoms in total. The molecule has 2 aromatic carbocycles. The molecular formula is C24H23NO7. The first kappa shape index (κ1) is 20.7. The predicted molar refractivity (Wildman–Crippen MR) is 112 cm³/mol. The summed E-state index contributed by atoms with van der Waals surface area (Å²) in [4.78, 5) is 27.6. The minimum atomic E-state index is -2.78. The third kappa shape index (κ3) is 2.16. The monoisotopic (exact) mass is 437 g/mol. The molecule has 1 spiro atoms. The van der Waals surface area contributed by atoms with E-state index in [9.17, 15) is 24.9 Å². The summed E-state index contributed by atoms with van der Waals surface area (Å²) in [5.41, 5.74) is -2.06. The predicted octanol–water partition coefficient (Wildman–Crippen LogP) is 1.24. The summed E-state index contributed by atoms with van der Waals surface area (Å²) < 4.78 is 11.2. The Balaban J connectivity index is 1.85. The molecule has 5 rings (SSSR count). The van der Waals surface area contributed by atoms with Crippen LogP contribution in [0.1, 0.15) is 30.5 Å². The van der Waals surface area contributed by atoms with E-state index in [2.05, 4.69) is 0 Å². The number of hydrogen-bond acceptors (Lipinski definition) is 7. The Hall–Kier alpha value is -3.20. The van der Waals surface area contributed by atoms with Crippen molar-refractivity contribution >= 4 is 17.4 Å². The van der Waals surface area contributed by atoms with Crippen LogP contribution in [0.2, 0.25) is 0 Å². The van der Waals surface area contributed by atoms with Gasteiger partial charge in [-0.15, -0.1) is 0 Å². The van der Waals surface area contributed by atoms with E-state index in [1.54, 1.807) is 36.4 Å². The standard InChI is InChI=1S/C24H23NO7/c1-13(2)12-25-21(27)19(26)18-20(14-8-10-15(31-3)11-9-14)32-24(30)17-7-5-4-6-16(17)23(28,29)22(18,24)25/h4-11,13,28-30H,12H2,1-3H3/t22-,24-/m1/s1. The van der Waals surface area contributed by atoms with E-state index in [0.717, 1.165) is 4.90 Å². The lowest BCUT2D eigenvalue weighted by atomic mass is 9.78. The van der Waals surface area contributed by atoms with Crippen LogP contribution in [0, 0.1) is 5.92 Å². The van der Waals surface area contributed by atoms with Crippen molar-refractivity contribution in [1.82, 2.24) is 4.90 Å². The Kier molecular flexibility index (Phi) is 4.15. The Labute approximate surface area is 184 Å². The number of carbonyl (C=O) groups is 2. The Morgan fingerprint density at radius 1 is 1.00 bits per heavy atom. The smallest absolute Gasteiger partial charge is 0.296 e. The van der Waals surface area contributed by atoms with Gasteiger partial charge in [-0.25, -0.2) is 0 Å². The first-order valence-corrected chi connectivity index (χ1v) is 10.3. The van der Waals surface area contributed by atoms with Crippen LogP contribution in [0.25, 0.3) is 5.76 Å². The zero-order valence-corrected chi connectivity index (χ0v) is 17.8. The van der Waals surface area contributed by atoms with Crippen molar-refractivity contribution in [2.75, 3.05) is 13.7 Å². The summed E-state index contributed by atoms with van der Waals surface area (Å²) in [6.45, 7) is 3.66. The van der Waals surface area contributed by atoms with Gasteiger partial charge in [-0.3, -0.25) is 9.59 Å². The number of rotatable bonds is 4. The number of likely N-dealkylation sites (tertiary alicyclic amines) is 1. The molecule has 0 radical (unpaired) electrons. The quantitative estimate of drug-likeness (QED) is 0.487. The number of hydrogen-bond donors (Lipinski definition) is 3. The van der Waals surface area contributed by atoms with E-state index in [0.29, 0.717) is 11.3 Å². The summed E-state index contributed by atoms with van der Waals surface area (Å²) >= 11 is 0. The van der Waals surface area contributed by atoms with Crippen molar-refractivity contribution in [2.45, 2.75) is 31.0 Å². The van der Waals surface area contributed by atoms with Crippen molar-refractivity contribution in [2.24, 2.45) is 5.92 Å². The molecular weight excluding hydrogens is 414 g/mol. The average molecular weight is 437 g/mol. The number of fused-ring (bicyclic) bond motifs is 2. The van der Waals surface area contributed by atoms with Gasteiger partial charge in [0.25, 0.3) is 17.5 Å². The van der Waals surface area contributed by atoms with Gasteiger partial charge < -0.3 is 29.7 Å². The summed E-state index contributed by atoms with van der Waals surface area (Å²) in [5.74, 6) is -6.65. The second-order valence-corrected chi connectivity index (χ2v) is 8.75. The number of Topliss-reactive ketones (excluding diaryl/α,β-unsaturated/α-hetero) is 1. The lowest BCUT2D eigenvalue weighted by molar-refractivity contribution is -0.312. The molecule has 3 aliphatic rings. The number of amides is 1. The van der Waals surface area contributed by atoms with Crippen LogP contribution in [0.4, 0.5) is 0 Å². The molecule has 0 saturated carbocycles. The van der Waals surface area contributed by atoms with Crippen molar-refractivity contribution in [3.05, 3.63) is 70.8 Å². The number of nitrogens with zero attached hydrogens (tertiary/aromatic N) is 1. The van der Waals surface area contributed by atoms with Crippen molar-refractivity contribution in [3.63, 3.8) is 0 Å². The van der Waals surface area contributed by atoms with Gasteiger partial charge in [0.1, 0.15) is 11.5 Å². The van der Waals surface area contributed by atoms with Gasteiger partial charge >= 0.3 is 0 Å². The molecule has 3 N–H and O–H groups in total. The van der Waals surface area contributed by atoms with Crippen LogP contribution >= 0.6 is 0 Å². The molecule has 2 atom stereocenters. The third-order valence-corrected chi connectivity index (χ3v) is 6.47. The zero-order valence-electron chi connectivity index (χ0n) is 17.8. The maximum atomic E-state index is 13.3. The molecule has 2 aromatic rings. The second-order valence-electron chi connectivity index (χ2n) is 8.75. The topological polar surface area (TPSA) is 117 Å². The lowest BCUT2D eigenvalue weighted by Crippen LogP contribution is -2.66. The molecule has 2 heterocycles. The maximum absolute atomic E-state index is 13.3. The summed E-state index contributed by atoms with van der Waals surface area (Å²) in [6.07, 6.45) is 0. The van der Waals surface area contributed by atoms with E-state index in [-0.39, 0.29) is 34.9 Å². The summed E-state index contributed by atoms with van der Waals surface area (Å²) in [5, 5.41) is 35.0. The molecule has 1 amide bonds. The number of methoxy groups -OCH3 is 1. The first-order valence-electron chi connectivity index (χ1n) is 10.3. The summed E-state index contributed by atoms with van der Waals surface area (Å²) in [7, 11) is 1.51. The molecule has 0 aromatic heterocycles. The van der Waals surface area contributed by atoms with Crippen LogP contribution in [0.3, 0.4) is 0 Å². The van der Waals surface area contributed by atoms with Crippen molar-refractivity contribution in [3.8, 4) is 5.75 Å². The van der Waals surface area contributed by atoms with Crippen LogP contribution < -0.4 is 4.74 Å². The maximum Gasteiger partial charge on any atom is 0.296 e. The first-order chi connectivity index (χ1) is 15.1. The third-order valence-electron chi connectivity index (χ3n) is 6.47. The van der Waals surface area contributed by atoms with Gasteiger partial charge in [0.2, 0.25) is 11.3 Å². The normalized spacial score (nSPS) is 27.5. The highest BCUT2D eigenvalue weighted by Crippen LogP contribution is 2.67. The highest BCUT2D eigenvalue weighted by atomic mass is 16.6. The van der Waals surface area contributed by atoms with Crippen molar-refractivity contribution in [1.29, 1.82) is 0 Å². The van der Waals surface area contributed by atoms with Crippen LogP contribution in [-0.4, -0.2) is 51.1 Å². The van der Waals surface area contributed by atoms with Gasteiger partial charge in [0, 0.05) is 23.2 Å². The van der Waals surface area contributed by atoms with E-state index in [1.165, 1.54) is 19.2 Å². The highest BCUT2D eigenvalue weighted by Gasteiger charge is 2.85. The molecule has 0 unspecified atom stereocenters. The fourth-order valence-corrected chi connectivity index (χ4v) is 5.23. The van der Waals surface area contributed by atoms with E-state index < -0.39 is 28.8 Å². The summed E-state index contributed by atoms with van der Waals surface area (Å²) in [6, 6.07) is 12.7. The van der Waals surface area contributed by atoms with Gasteiger partial charge in [0.15, 0.2) is 0 Å². The van der Waals surface area contributed by atoms with E-state index in [4.69, 9.17) is 9.47 Å². The molecule has 32 heavy (non-hydrogen) atoms. The number of ether oxygens (including phenoxy) is 2. The van der Waals surface area contributed by atoms with Gasteiger partial charge in [-0.05, 0) is 30.2 Å². The Morgan fingerprint density at radius 2 is 1.62 bits per heavy atom. The van der Waals surface area contributed by atoms with Crippen LogP contribution in [0.5, 0.6) is 5.75 Å². The Bertz CT molecular complexity index is 1180. The minimum absolute atomic E-state index is 0.00644. The molecule has 1 aliphatic carbocycles. The number of carbonyl (C=O) groups excluding carboxylic acids is 2. The number of benzene rings is 2. The molecule has 1 fully saturated rings. The number of ketones is 1. The lowest BCUT2D eigenvalue weighted by Gasteiger charge is -2.45. The zero-order chi connectivity index (χ0) is 23.1. The van der Waals surface area contributed by atoms with Crippen molar-refractivity contribution < 1.29 is 34.4 Å². The molecule has 1 saturated heterocycles. The number of aliphatic hydroxyl groups is 3. The van der Waals surface area contributed by atoms with E-state index in [1.807, 2.05) is 13.8 Å². The van der Waals surface area contributed by atoms with Crippen LogP contribution in [-0.2, 0) is 25.9 Å². The van der Waals surface area contributed by atoms with Gasteiger partial charge in [-0.2, -0.15) is 0 Å². The van der Waals surface area contributed by atoms with Gasteiger partial charge in [-0.1, -0.05) is 38.1 Å². The Morgan fingerprint density at radius 3 is 2.22 bits per heavy atom. The average Bonchev–Trinajstić information content (AvgIpc) is 3.24. The largest absolute Gasteiger partial charge is 0.497 e. The molecule has 8 heteroatoms. The van der Waals surface area contributed by atoms with Gasteiger partial charge in [0.05, 0.1) is 12.7 Å². The van der Waals surface area contributed by atoms with Crippen LogP contribution in [0.15, 0.2) is 54.1 Å². The SMILES string of the molecule is COc1ccc(C2=C3C(=O)C(=O)N(CC(C)C)[C@@]34C(O)(O)c3ccccc3[C@@]4(O)O2)cc1. The molecule has 0 bridgehead atoms. The second kappa shape index (κ2) is 6.41. The van der Waals surface area contributed by atoms with E-state index >= 15 is 0 Å². The highest BCUT2D eigenvalue weighted by molar-refractivity contribution is 6.48. The fourth-order valence-electron chi connectivity index (χ4n) is 5.23.